The number of nitrogens with one attached hydrogen (secondary N) is 1. The lowest BCUT2D eigenvalue weighted by Gasteiger charge is -2.35. The Morgan fingerprint density at radius 3 is 2.50 bits per heavy atom. The molecule has 0 unspecified atom stereocenters. The van der Waals surface area contributed by atoms with Gasteiger partial charge in [0.05, 0.1) is 17.6 Å². The van der Waals surface area contributed by atoms with Crippen molar-refractivity contribution in [3.63, 3.8) is 0 Å². The van der Waals surface area contributed by atoms with Crippen molar-refractivity contribution in [2.45, 2.75) is 51.2 Å². The molecule has 0 spiro atoms. The average molecular weight is 461 g/mol. The maximum absolute atomic E-state index is 12.9. The summed E-state index contributed by atoms with van der Waals surface area (Å²) in [5, 5.41) is 14.4. The lowest BCUT2D eigenvalue weighted by atomic mass is 9.81. The Labute approximate surface area is 191 Å². The van der Waals surface area contributed by atoms with Gasteiger partial charge in [0.15, 0.2) is 0 Å². The van der Waals surface area contributed by atoms with Crippen LogP contribution in [0.15, 0.2) is 36.4 Å². The van der Waals surface area contributed by atoms with E-state index >= 15 is 0 Å². The van der Waals surface area contributed by atoms with Gasteiger partial charge in [-0.15, -0.1) is 0 Å². The van der Waals surface area contributed by atoms with Gasteiger partial charge < -0.3 is 14.8 Å². The van der Waals surface area contributed by atoms with E-state index in [2.05, 4.69) is 5.32 Å². The lowest BCUT2D eigenvalue weighted by Crippen LogP contribution is -2.56. The standard InChI is InChI=1S/C23H25ClN2O6/c1-15-12-16(21(27)25-23(22(28)31-2)10-4-3-5-11-23)7-9-20(15)32-14-17-6-8-18(24)13-19(17)26(29)30/h6-9,12-13H,3-5,10-11,14H2,1-2H3,(H,25,27). The van der Waals surface area contributed by atoms with E-state index in [1.165, 1.54) is 13.2 Å². The molecular formula is C23H25ClN2O6. The number of nitro groups is 1. The zero-order chi connectivity index (χ0) is 23.3. The molecule has 9 heteroatoms. The van der Waals surface area contributed by atoms with Crippen LogP contribution in [0.2, 0.25) is 5.02 Å². The van der Waals surface area contributed by atoms with Crippen molar-refractivity contribution in [2.24, 2.45) is 0 Å². The monoisotopic (exact) mass is 460 g/mol. The normalized spacial score (nSPS) is 15.0. The smallest absolute Gasteiger partial charge is 0.331 e. The Bertz CT molecular complexity index is 1030. The number of aryl methyl sites for hydroxylation is 1. The van der Waals surface area contributed by atoms with Crippen LogP contribution in [0.5, 0.6) is 5.75 Å². The first-order valence-electron chi connectivity index (χ1n) is 10.3. The molecule has 8 nitrogen and oxygen atoms in total. The molecule has 1 saturated carbocycles. The number of carbonyl (C=O) groups is 2. The number of hydrogen-bond donors (Lipinski definition) is 1. The number of esters is 1. The highest BCUT2D eigenvalue weighted by atomic mass is 35.5. The molecule has 2 aromatic carbocycles. The number of rotatable bonds is 7. The van der Waals surface area contributed by atoms with Crippen LogP contribution in [0.1, 0.15) is 53.6 Å². The van der Waals surface area contributed by atoms with Crippen LogP contribution in [0.4, 0.5) is 5.69 Å². The molecule has 1 aliphatic rings. The first-order chi connectivity index (χ1) is 15.3. The molecule has 0 aliphatic heterocycles. The molecule has 0 radical (unpaired) electrons. The summed E-state index contributed by atoms with van der Waals surface area (Å²) in [6, 6.07) is 9.29. The molecule has 0 atom stereocenters. The topological polar surface area (TPSA) is 108 Å². The van der Waals surface area contributed by atoms with E-state index in [-0.39, 0.29) is 23.2 Å². The molecule has 0 saturated heterocycles. The summed E-state index contributed by atoms with van der Waals surface area (Å²) in [6.45, 7) is 1.75. The molecule has 1 N–H and O–H groups in total. The van der Waals surface area contributed by atoms with Crippen LogP contribution in [-0.4, -0.2) is 29.4 Å². The Morgan fingerprint density at radius 2 is 1.88 bits per heavy atom. The predicted molar refractivity (Wildman–Crippen MR) is 119 cm³/mol. The van der Waals surface area contributed by atoms with Crippen LogP contribution in [0.25, 0.3) is 0 Å². The fourth-order valence-corrected chi connectivity index (χ4v) is 4.12. The van der Waals surface area contributed by atoms with E-state index in [1.807, 2.05) is 0 Å². The van der Waals surface area contributed by atoms with E-state index in [1.54, 1.807) is 37.3 Å². The highest BCUT2D eigenvalue weighted by Crippen LogP contribution is 2.30. The van der Waals surface area contributed by atoms with Crippen molar-refractivity contribution >= 4 is 29.2 Å². The third-order valence-electron chi connectivity index (χ3n) is 5.70. The van der Waals surface area contributed by atoms with E-state index in [0.29, 0.717) is 35.3 Å². The highest BCUT2D eigenvalue weighted by Gasteiger charge is 2.42. The third kappa shape index (κ3) is 5.19. The summed E-state index contributed by atoms with van der Waals surface area (Å²) in [5.41, 5.74) is 0.344. The molecule has 170 valence electrons. The maximum atomic E-state index is 12.9. The van der Waals surface area contributed by atoms with Crippen molar-refractivity contribution in [3.05, 3.63) is 68.2 Å². The minimum atomic E-state index is -0.999. The van der Waals surface area contributed by atoms with Crippen molar-refractivity contribution in [1.82, 2.24) is 5.32 Å². The summed E-state index contributed by atoms with van der Waals surface area (Å²) < 4.78 is 10.7. The minimum absolute atomic E-state index is 0.0225. The maximum Gasteiger partial charge on any atom is 0.331 e. The Hall–Kier alpha value is -3.13. The molecule has 1 aliphatic carbocycles. The van der Waals surface area contributed by atoms with Gasteiger partial charge in [-0.3, -0.25) is 14.9 Å². The van der Waals surface area contributed by atoms with Crippen LogP contribution in [-0.2, 0) is 16.1 Å². The number of halogens is 1. The fourth-order valence-electron chi connectivity index (χ4n) is 3.96. The number of amides is 1. The minimum Gasteiger partial charge on any atom is -0.488 e. The molecule has 0 bridgehead atoms. The number of hydrogen-bond acceptors (Lipinski definition) is 6. The highest BCUT2D eigenvalue weighted by molar-refractivity contribution is 6.30. The van der Waals surface area contributed by atoms with Gasteiger partial charge in [0.2, 0.25) is 0 Å². The molecule has 2 aromatic rings. The molecule has 1 fully saturated rings. The molecule has 3 rings (SSSR count). The SMILES string of the molecule is COC(=O)C1(NC(=O)c2ccc(OCc3ccc(Cl)cc3[N+](=O)[O-])c(C)c2)CCCCC1. The van der Waals surface area contributed by atoms with Gasteiger partial charge in [-0.2, -0.15) is 0 Å². The van der Waals surface area contributed by atoms with Crippen LogP contribution < -0.4 is 10.1 Å². The summed E-state index contributed by atoms with van der Waals surface area (Å²) in [6.07, 6.45) is 3.80. The van der Waals surface area contributed by atoms with Gasteiger partial charge >= 0.3 is 5.97 Å². The summed E-state index contributed by atoms with van der Waals surface area (Å²) in [4.78, 5) is 36.0. The molecule has 32 heavy (non-hydrogen) atoms. The molecule has 0 aromatic heterocycles. The zero-order valence-corrected chi connectivity index (χ0v) is 18.7. The Kier molecular flexibility index (Phi) is 7.35. The zero-order valence-electron chi connectivity index (χ0n) is 18.0. The molecule has 0 heterocycles. The van der Waals surface area contributed by atoms with Gasteiger partial charge in [-0.1, -0.05) is 30.9 Å². The fraction of sp³-hybridized carbons (Fsp3) is 0.391. The van der Waals surface area contributed by atoms with Crippen LogP contribution in [0, 0.1) is 17.0 Å². The second-order valence-electron chi connectivity index (χ2n) is 7.89. The quantitative estimate of drug-likeness (QED) is 0.363. The van der Waals surface area contributed by atoms with Gasteiger partial charge in [0.25, 0.3) is 11.6 Å². The summed E-state index contributed by atoms with van der Waals surface area (Å²) in [7, 11) is 1.33. The first-order valence-corrected chi connectivity index (χ1v) is 10.7. The first kappa shape index (κ1) is 23.5. The second kappa shape index (κ2) is 9.99. The largest absolute Gasteiger partial charge is 0.488 e. The van der Waals surface area contributed by atoms with E-state index in [4.69, 9.17) is 21.1 Å². The molecule has 1 amide bonds. The number of benzene rings is 2. The summed E-state index contributed by atoms with van der Waals surface area (Å²) in [5.74, 6) is -0.293. The Morgan fingerprint density at radius 1 is 1.16 bits per heavy atom. The number of nitrogens with zero attached hydrogens (tertiary/aromatic N) is 1. The Balaban J connectivity index is 1.73. The van der Waals surface area contributed by atoms with Crippen LogP contribution >= 0.6 is 11.6 Å². The van der Waals surface area contributed by atoms with E-state index in [9.17, 15) is 19.7 Å². The molecular weight excluding hydrogens is 436 g/mol. The van der Waals surface area contributed by atoms with Crippen molar-refractivity contribution in [2.75, 3.05) is 7.11 Å². The number of methoxy groups -OCH3 is 1. The van der Waals surface area contributed by atoms with Gasteiger partial charge in [0.1, 0.15) is 17.9 Å². The number of nitro benzene ring substituents is 1. The van der Waals surface area contributed by atoms with Gasteiger partial charge in [-0.25, -0.2) is 4.79 Å². The van der Waals surface area contributed by atoms with E-state index in [0.717, 1.165) is 19.3 Å². The van der Waals surface area contributed by atoms with Crippen molar-refractivity contribution in [3.8, 4) is 5.75 Å². The third-order valence-corrected chi connectivity index (χ3v) is 5.94. The van der Waals surface area contributed by atoms with Gasteiger partial charge in [0, 0.05) is 16.7 Å². The predicted octanol–water partition coefficient (Wildman–Crippen LogP) is 4.74. The van der Waals surface area contributed by atoms with Crippen molar-refractivity contribution in [1.29, 1.82) is 0 Å². The second-order valence-corrected chi connectivity index (χ2v) is 8.32. The van der Waals surface area contributed by atoms with Crippen molar-refractivity contribution < 1.29 is 24.0 Å². The van der Waals surface area contributed by atoms with Gasteiger partial charge in [-0.05, 0) is 55.7 Å². The number of carbonyl (C=O) groups excluding carboxylic acids is 2. The lowest BCUT2D eigenvalue weighted by molar-refractivity contribution is -0.385. The van der Waals surface area contributed by atoms with Crippen LogP contribution in [0.3, 0.4) is 0 Å². The number of ether oxygens (including phenoxy) is 2. The summed E-state index contributed by atoms with van der Waals surface area (Å²) >= 11 is 5.85. The van der Waals surface area contributed by atoms with E-state index < -0.39 is 16.4 Å². The average Bonchev–Trinajstić information content (AvgIpc) is 2.78.